The van der Waals surface area contributed by atoms with Crippen LogP contribution in [-0.2, 0) is 16.6 Å². The van der Waals surface area contributed by atoms with Crippen LogP contribution in [0.1, 0.15) is 29.9 Å². The van der Waals surface area contributed by atoms with Gasteiger partial charge >= 0.3 is 0 Å². The fraction of sp³-hybridized carbons (Fsp3) is 0.407. The molecule has 12 nitrogen and oxygen atoms in total. The molecule has 5 rings (SSSR count). The summed E-state index contributed by atoms with van der Waals surface area (Å²) in [4.78, 5) is 34.3. The number of likely N-dealkylation sites (tertiary alicyclic amines) is 1. The van der Waals surface area contributed by atoms with Crippen LogP contribution in [0.5, 0.6) is 5.75 Å². The molecule has 2 amide bonds. The van der Waals surface area contributed by atoms with E-state index in [0.29, 0.717) is 17.1 Å². The second-order valence-corrected chi connectivity index (χ2v) is 9.94. The molecule has 3 aromatic rings. The number of carbonyl (C=O) groups is 2. The van der Waals surface area contributed by atoms with E-state index in [4.69, 9.17) is 9.84 Å². The standard InChI is InChI=1S/C27H28FN7O5/c1-34-11-17(10-32-34)18-7-19(18)26(38)33-25-8-21(30-14-31-25)15-2-3-23(16(6-15)9-29)40-24-4-5-35(12-20(24)28)27(39)22(37)13-36/h2-3,6,8,10-11,14,18-20,22,24,36-37H,4-5,7,12-13H2,1H3,(H,30,31,33,38)/t18?,19?,20-,22+,24+/m1/s1. The SMILES string of the molecule is Cn1cc(C2CC2C(=O)Nc2cc(-c3ccc(O[C@H]4CCN(C(=O)[C@@H](O)CO)C[C@H]4F)c(C#N)c3)ncn2)cn1. The van der Waals surface area contributed by atoms with E-state index < -0.39 is 30.9 Å². The number of benzene rings is 1. The summed E-state index contributed by atoms with van der Waals surface area (Å²) < 4.78 is 22.3. The van der Waals surface area contributed by atoms with Crippen LogP contribution >= 0.6 is 0 Å². The average molecular weight is 550 g/mol. The monoisotopic (exact) mass is 549 g/mol. The molecule has 5 atom stereocenters. The number of aliphatic hydroxyl groups is 2. The second kappa shape index (κ2) is 11.4. The number of aryl methyl sites for hydroxylation is 1. The van der Waals surface area contributed by atoms with Crippen molar-refractivity contribution in [3.05, 3.63) is 54.1 Å². The van der Waals surface area contributed by atoms with Crippen LogP contribution in [0.2, 0.25) is 0 Å². The molecule has 0 radical (unpaired) electrons. The van der Waals surface area contributed by atoms with Crippen molar-refractivity contribution in [3.8, 4) is 23.1 Å². The minimum absolute atomic E-state index is 0.129. The number of piperidine rings is 1. The van der Waals surface area contributed by atoms with Gasteiger partial charge in [0.1, 0.15) is 30.1 Å². The third-order valence-corrected chi connectivity index (χ3v) is 7.12. The summed E-state index contributed by atoms with van der Waals surface area (Å²) in [5.41, 5.74) is 2.25. The summed E-state index contributed by atoms with van der Waals surface area (Å²) in [5.74, 6) is -0.390. The van der Waals surface area contributed by atoms with Gasteiger partial charge in [0.25, 0.3) is 5.91 Å². The Bertz CT molecular complexity index is 1460. The number of hydrogen-bond donors (Lipinski definition) is 3. The highest BCUT2D eigenvalue weighted by molar-refractivity contribution is 5.94. The number of nitrogens with zero attached hydrogens (tertiary/aromatic N) is 6. The van der Waals surface area contributed by atoms with Crippen molar-refractivity contribution < 1.29 is 28.9 Å². The fourth-order valence-corrected chi connectivity index (χ4v) is 4.83. The molecule has 2 aliphatic rings. The predicted molar refractivity (Wildman–Crippen MR) is 138 cm³/mol. The van der Waals surface area contributed by atoms with Crippen molar-refractivity contribution in [1.29, 1.82) is 5.26 Å². The zero-order valence-electron chi connectivity index (χ0n) is 21.6. The fourth-order valence-electron chi connectivity index (χ4n) is 4.83. The van der Waals surface area contributed by atoms with E-state index in [1.165, 1.54) is 6.33 Å². The molecule has 3 heterocycles. The Hall–Kier alpha value is -4.41. The zero-order chi connectivity index (χ0) is 28.4. The number of hydrogen-bond acceptors (Lipinski definition) is 9. The quantitative estimate of drug-likeness (QED) is 0.374. The Morgan fingerprint density at radius 1 is 1.32 bits per heavy atom. The summed E-state index contributed by atoms with van der Waals surface area (Å²) in [7, 11) is 1.83. The predicted octanol–water partition coefficient (Wildman–Crippen LogP) is 1.16. The van der Waals surface area contributed by atoms with Crippen LogP contribution < -0.4 is 10.1 Å². The van der Waals surface area contributed by atoms with Gasteiger partial charge in [-0.2, -0.15) is 10.4 Å². The van der Waals surface area contributed by atoms with E-state index in [1.807, 2.05) is 13.2 Å². The lowest BCUT2D eigenvalue weighted by molar-refractivity contribution is -0.146. The maximum Gasteiger partial charge on any atom is 0.253 e. The minimum atomic E-state index is -1.59. The van der Waals surface area contributed by atoms with Gasteiger partial charge in [0, 0.05) is 43.8 Å². The zero-order valence-corrected chi connectivity index (χ0v) is 21.6. The summed E-state index contributed by atoms with van der Waals surface area (Å²) in [6, 6.07) is 8.46. The first kappa shape index (κ1) is 27.2. The van der Waals surface area contributed by atoms with E-state index in [9.17, 15) is 24.3 Å². The molecule has 1 aliphatic carbocycles. The van der Waals surface area contributed by atoms with Crippen molar-refractivity contribution >= 4 is 17.6 Å². The molecule has 3 N–H and O–H groups in total. The lowest BCUT2D eigenvalue weighted by Crippen LogP contribution is -2.52. The first-order valence-electron chi connectivity index (χ1n) is 12.8. The third kappa shape index (κ3) is 5.78. The number of alkyl halides is 1. The molecule has 13 heteroatoms. The van der Waals surface area contributed by atoms with Crippen LogP contribution in [0.15, 0.2) is 43.0 Å². The maximum absolute atomic E-state index is 14.8. The van der Waals surface area contributed by atoms with Crippen LogP contribution in [0.25, 0.3) is 11.3 Å². The first-order valence-corrected chi connectivity index (χ1v) is 12.8. The van der Waals surface area contributed by atoms with Gasteiger partial charge in [-0.25, -0.2) is 14.4 Å². The van der Waals surface area contributed by atoms with Crippen LogP contribution in [0.4, 0.5) is 10.2 Å². The van der Waals surface area contributed by atoms with Crippen LogP contribution in [0.3, 0.4) is 0 Å². The molecule has 1 aliphatic heterocycles. The number of aliphatic hydroxyl groups excluding tert-OH is 2. The van der Waals surface area contributed by atoms with Crippen molar-refractivity contribution in [2.24, 2.45) is 13.0 Å². The third-order valence-electron chi connectivity index (χ3n) is 7.12. The number of amides is 2. The van der Waals surface area contributed by atoms with Gasteiger partial charge in [0.05, 0.1) is 30.6 Å². The molecule has 0 spiro atoms. The minimum Gasteiger partial charge on any atom is -0.486 e. The van der Waals surface area contributed by atoms with Crippen molar-refractivity contribution in [3.63, 3.8) is 0 Å². The summed E-state index contributed by atoms with van der Waals surface area (Å²) in [6.45, 7) is -0.891. The molecular formula is C27H28FN7O5. The highest BCUT2D eigenvalue weighted by Crippen LogP contribution is 2.47. The van der Waals surface area contributed by atoms with Gasteiger partial charge in [-0.15, -0.1) is 0 Å². The normalized spacial score (nSPS) is 22.7. The number of aromatic nitrogens is 4. The van der Waals surface area contributed by atoms with E-state index in [0.717, 1.165) is 16.9 Å². The lowest BCUT2D eigenvalue weighted by atomic mass is 10.0. The number of nitrogens with one attached hydrogen (secondary N) is 1. The Morgan fingerprint density at radius 3 is 2.85 bits per heavy atom. The number of halogens is 1. The van der Waals surface area contributed by atoms with Gasteiger partial charge in [-0.05, 0) is 36.1 Å². The average Bonchev–Trinajstić information content (AvgIpc) is 3.66. The van der Waals surface area contributed by atoms with Crippen LogP contribution in [-0.4, -0.2) is 84.8 Å². The molecule has 1 aromatic carbocycles. The summed E-state index contributed by atoms with van der Waals surface area (Å²) >= 11 is 0. The number of anilines is 1. The summed E-state index contributed by atoms with van der Waals surface area (Å²) in [6.07, 6.45) is 1.85. The molecule has 208 valence electrons. The second-order valence-electron chi connectivity index (χ2n) is 9.94. The van der Waals surface area contributed by atoms with Crippen LogP contribution in [0, 0.1) is 17.2 Å². The van der Waals surface area contributed by atoms with Gasteiger partial charge in [-0.3, -0.25) is 14.3 Å². The number of carbonyl (C=O) groups excluding carboxylic acids is 2. The Balaban J connectivity index is 1.23. The molecule has 0 bridgehead atoms. The van der Waals surface area contributed by atoms with E-state index in [1.54, 1.807) is 35.1 Å². The first-order chi connectivity index (χ1) is 19.3. The van der Waals surface area contributed by atoms with E-state index >= 15 is 0 Å². The largest absolute Gasteiger partial charge is 0.486 e. The van der Waals surface area contributed by atoms with Gasteiger partial charge < -0.3 is 25.2 Å². The number of nitriles is 1. The molecule has 2 fully saturated rings. The Kier molecular flexibility index (Phi) is 7.72. The highest BCUT2D eigenvalue weighted by atomic mass is 19.1. The number of rotatable bonds is 8. The van der Waals surface area contributed by atoms with E-state index in [2.05, 4.69) is 26.5 Å². The molecule has 1 saturated carbocycles. The van der Waals surface area contributed by atoms with Crippen molar-refractivity contribution in [2.45, 2.75) is 37.1 Å². The molecular weight excluding hydrogens is 521 g/mol. The lowest BCUT2D eigenvalue weighted by Gasteiger charge is -2.35. The summed E-state index contributed by atoms with van der Waals surface area (Å²) in [5, 5.41) is 35.2. The van der Waals surface area contributed by atoms with Crippen molar-refractivity contribution in [2.75, 3.05) is 25.0 Å². The van der Waals surface area contributed by atoms with Crippen molar-refractivity contribution in [1.82, 2.24) is 24.6 Å². The topological polar surface area (TPSA) is 166 Å². The maximum atomic E-state index is 14.8. The highest BCUT2D eigenvalue weighted by Gasteiger charge is 2.44. The van der Waals surface area contributed by atoms with Gasteiger partial charge in [0.15, 0.2) is 12.3 Å². The Morgan fingerprint density at radius 2 is 2.15 bits per heavy atom. The number of ether oxygens (including phenoxy) is 1. The molecule has 40 heavy (non-hydrogen) atoms. The van der Waals surface area contributed by atoms with Gasteiger partial charge in [-0.1, -0.05) is 0 Å². The molecule has 1 saturated heterocycles. The molecule has 2 unspecified atom stereocenters. The Labute approximate surface area is 229 Å². The smallest absolute Gasteiger partial charge is 0.253 e. The van der Waals surface area contributed by atoms with Gasteiger partial charge in [0.2, 0.25) is 5.91 Å². The van der Waals surface area contributed by atoms with E-state index in [-0.39, 0.29) is 48.6 Å². The molecule has 2 aromatic heterocycles.